The summed E-state index contributed by atoms with van der Waals surface area (Å²) in [6, 6.07) is 11.2. The molecule has 2 heterocycles. The Morgan fingerprint density at radius 1 is 1.20 bits per heavy atom. The van der Waals surface area contributed by atoms with Gasteiger partial charge < -0.3 is 0 Å². The van der Waals surface area contributed by atoms with E-state index in [1.807, 2.05) is 31.2 Å². The van der Waals surface area contributed by atoms with Gasteiger partial charge in [0.2, 0.25) is 0 Å². The van der Waals surface area contributed by atoms with Crippen LogP contribution in [-0.2, 0) is 6.42 Å². The van der Waals surface area contributed by atoms with Crippen LogP contribution in [0.3, 0.4) is 0 Å². The van der Waals surface area contributed by atoms with E-state index in [-0.39, 0.29) is 11.7 Å². The largest absolute Gasteiger partial charge is 0.267 e. The Kier molecular flexibility index (Phi) is 5.57. The summed E-state index contributed by atoms with van der Waals surface area (Å²) in [6.07, 6.45) is 9.15. The second-order valence-corrected chi connectivity index (χ2v) is 5.70. The SMILES string of the molecule is C/C=C\C=N/c1ccc(CC(C2=NC=NC2)c2ccc(F)cn2)cc1. The van der Waals surface area contributed by atoms with E-state index in [1.165, 1.54) is 12.3 Å². The van der Waals surface area contributed by atoms with Gasteiger partial charge in [-0.2, -0.15) is 0 Å². The molecule has 0 saturated heterocycles. The summed E-state index contributed by atoms with van der Waals surface area (Å²) in [4.78, 5) is 17.1. The average molecular weight is 334 g/mol. The molecule has 0 saturated carbocycles. The van der Waals surface area contributed by atoms with E-state index in [2.05, 4.69) is 32.1 Å². The summed E-state index contributed by atoms with van der Waals surface area (Å²) in [7, 11) is 0. The highest BCUT2D eigenvalue weighted by molar-refractivity contribution is 6.00. The summed E-state index contributed by atoms with van der Waals surface area (Å²) in [5.74, 6) is -0.351. The number of benzene rings is 1. The van der Waals surface area contributed by atoms with Crippen LogP contribution in [0.4, 0.5) is 10.1 Å². The molecule has 0 spiro atoms. The van der Waals surface area contributed by atoms with Crippen molar-refractivity contribution in [2.75, 3.05) is 6.54 Å². The number of allylic oxidation sites excluding steroid dienone is 2. The van der Waals surface area contributed by atoms with Gasteiger partial charge >= 0.3 is 0 Å². The molecule has 1 aromatic carbocycles. The molecular formula is C20H19FN4. The molecule has 1 aliphatic heterocycles. The smallest absolute Gasteiger partial charge is 0.141 e. The number of hydrogen-bond acceptors (Lipinski definition) is 4. The molecule has 1 atom stereocenters. The summed E-state index contributed by atoms with van der Waals surface area (Å²) >= 11 is 0. The van der Waals surface area contributed by atoms with Gasteiger partial charge in [-0.25, -0.2) is 9.38 Å². The van der Waals surface area contributed by atoms with Crippen LogP contribution in [0.2, 0.25) is 0 Å². The molecule has 126 valence electrons. The molecule has 0 N–H and O–H groups in total. The van der Waals surface area contributed by atoms with E-state index >= 15 is 0 Å². The van der Waals surface area contributed by atoms with Crippen LogP contribution >= 0.6 is 0 Å². The first-order valence-corrected chi connectivity index (χ1v) is 8.17. The van der Waals surface area contributed by atoms with Crippen LogP contribution < -0.4 is 0 Å². The first-order chi connectivity index (χ1) is 12.3. The standard InChI is InChI=1S/C20H19FN4/c1-2-3-10-23-17-7-4-15(5-8-17)11-18(20-13-22-14-25-20)19-9-6-16(21)12-24-19/h2-10,12,14,18H,11,13H2,1H3/b3-2-,23-10-. The molecule has 0 bridgehead atoms. The van der Waals surface area contributed by atoms with E-state index in [4.69, 9.17) is 0 Å². The van der Waals surface area contributed by atoms with Crippen molar-refractivity contribution in [3.8, 4) is 0 Å². The van der Waals surface area contributed by atoms with Crippen molar-refractivity contribution in [3.63, 3.8) is 0 Å². The van der Waals surface area contributed by atoms with E-state index in [0.29, 0.717) is 6.54 Å². The van der Waals surface area contributed by atoms with Gasteiger partial charge in [0.15, 0.2) is 0 Å². The monoisotopic (exact) mass is 334 g/mol. The Balaban J connectivity index is 1.79. The maximum absolute atomic E-state index is 13.2. The number of hydrogen-bond donors (Lipinski definition) is 0. The molecule has 0 amide bonds. The fourth-order valence-electron chi connectivity index (χ4n) is 2.65. The van der Waals surface area contributed by atoms with Crippen LogP contribution in [0.25, 0.3) is 0 Å². The Labute approximate surface area is 146 Å². The Hall–Kier alpha value is -2.95. The third kappa shape index (κ3) is 4.53. The molecule has 0 radical (unpaired) electrons. The molecule has 0 aliphatic carbocycles. The van der Waals surface area contributed by atoms with Crippen LogP contribution in [0.1, 0.15) is 24.1 Å². The van der Waals surface area contributed by atoms with Crippen molar-refractivity contribution >= 4 is 24.0 Å². The highest BCUT2D eigenvalue weighted by Gasteiger charge is 2.21. The molecule has 1 aromatic heterocycles. The molecule has 1 unspecified atom stereocenters. The Bertz CT molecular complexity index is 818. The van der Waals surface area contributed by atoms with Crippen LogP contribution in [0, 0.1) is 5.82 Å². The van der Waals surface area contributed by atoms with E-state index in [1.54, 1.807) is 18.6 Å². The van der Waals surface area contributed by atoms with Gasteiger partial charge in [-0.1, -0.05) is 18.2 Å². The third-order valence-electron chi connectivity index (χ3n) is 3.95. The first-order valence-electron chi connectivity index (χ1n) is 8.17. The molecule has 3 rings (SSSR count). The first kappa shape index (κ1) is 16.9. The maximum atomic E-state index is 13.2. The minimum Gasteiger partial charge on any atom is -0.267 e. The summed E-state index contributed by atoms with van der Waals surface area (Å²) in [6.45, 7) is 2.52. The van der Waals surface area contributed by atoms with Crippen molar-refractivity contribution in [1.29, 1.82) is 0 Å². The van der Waals surface area contributed by atoms with E-state index < -0.39 is 0 Å². The van der Waals surface area contributed by atoms with Gasteiger partial charge in [0.1, 0.15) is 12.2 Å². The minimum atomic E-state index is -0.338. The Morgan fingerprint density at radius 3 is 2.68 bits per heavy atom. The van der Waals surface area contributed by atoms with Crippen molar-refractivity contribution in [3.05, 3.63) is 71.8 Å². The van der Waals surface area contributed by atoms with Gasteiger partial charge in [0.05, 0.1) is 24.1 Å². The van der Waals surface area contributed by atoms with Crippen LogP contribution in [-0.4, -0.2) is 29.8 Å². The zero-order valence-electron chi connectivity index (χ0n) is 14.0. The number of aliphatic imine (C=N–C) groups is 3. The van der Waals surface area contributed by atoms with Gasteiger partial charge in [-0.15, -0.1) is 0 Å². The summed E-state index contributed by atoms with van der Waals surface area (Å²) in [5.41, 5.74) is 3.81. The zero-order valence-corrected chi connectivity index (χ0v) is 14.0. The lowest BCUT2D eigenvalue weighted by molar-refractivity contribution is 0.618. The van der Waals surface area contributed by atoms with E-state index in [0.717, 1.165) is 29.1 Å². The number of rotatable bonds is 6. The predicted molar refractivity (Wildman–Crippen MR) is 101 cm³/mol. The predicted octanol–water partition coefficient (Wildman–Crippen LogP) is 4.31. The molecule has 5 heteroatoms. The third-order valence-corrected chi connectivity index (χ3v) is 3.95. The Morgan fingerprint density at radius 2 is 2.04 bits per heavy atom. The zero-order chi connectivity index (χ0) is 17.5. The number of pyridine rings is 1. The van der Waals surface area contributed by atoms with Crippen molar-refractivity contribution < 1.29 is 4.39 Å². The maximum Gasteiger partial charge on any atom is 0.141 e. The molecule has 1 aliphatic rings. The number of halogens is 1. The quantitative estimate of drug-likeness (QED) is 0.726. The van der Waals surface area contributed by atoms with Crippen molar-refractivity contribution in [2.24, 2.45) is 15.0 Å². The van der Waals surface area contributed by atoms with Crippen LogP contribution in [0.5, 0.6) is 0 Å². The van der Waals surface area contributed by atoms with Crippen molar-refractivity contribution in [1.82, 2.24) is 4.98 Å². The molecule has 0 fully saturated rings. The minimum absolute atomic E-state index is 0.0134. The molecular weight excluding hydrogens is 315 g/mol. The van der Waals surface area contributed by atoms with Crippen molar-refractivity contribution in [2.45, 2.75) is 19.3 Å². The summed E-state index contributed by atoms with van der Waals surface area (Å²) in [5, 5.41) is 0. The van der Waals surface area contributed by atoms with Gasteiger partial charge in [-0.3, -0.25) is 15.0 Å². The fraction of sp³-hybridized carbons (Fsp3) is 0.200. The lowest BCUT2D eigenvalue weighted by Gasteiger charge is -2.16. The lowest BCUT2D eigenvalue weighted by Crippen LogP contribution is -2.18. The van der Waals surface area contributed by atoms with Gasteiger partial charge in [-0.05, 0) is 49.2 Å². The second kappa shape index (κ2) is 8.24. The van der Waals surface area contributed by atoms with Gasteiger partial charge in [0, 0.05) is 17.8 Å². The number of aromatic nitrogens is 1. The van der Waals surface area contributed by atoms with Crippen LogP contribution in [0.15, 0.2) is 69.7 Å². The molecule has 2 aromatic rings. The highest BCUT2D eigenvalue weighted by Crippen LogP contribution is 2.24. The number of nitrogens with zero attached hydrogens (tertiary/aromatic N) is 4. The summed E-state index contributed by atoms with van der Waals surface area (Å²) < 4.78 is 13.2. The van der Waals surface area contributed by atoms with Gasteiger partial charge in [0.25, 0.3) is 0 Å². The second-order valence-electron chi connectivity index (χ2n) is 5.70. The van der Waals surface area contributed by atoms with E-state index in [9.17, 15) is 4.39 Å². The topological polar surface area (TPSA) is 50.0 Å². The molecule has 25 heavy (non-hydrogen) atoms. The highest BCUT2D eigenvalue weighted by atomic mass is 19.1. The molecule has 4 nitrogen and oxygen atoms in total. The fourth-order valence-corrected chi connectivity index (χ4v) is 2.65. The lowest BCUT2D eigenvalue weighted by atomic mass is 9.91. The average Bonchev–Trinajstić information content (AvgIpc) is 3.16. The normalized spacial score (nSPS) is 15.2.